The van der Waals surface area contributed by atoms with Gasteiger partial charge in [-0.25, -0.2) is 4.98 Å². The molecule has 0 aliphatic carbocycles. The highest BCUT2D eigenvalue weighted by atomic mass is 16.2. The monoisotopic (exact) mass is 330 g/mol. The molecule has 132 valence electrons. The lowest BCUT2D eigenvalue weighted by atomic mass is 10.1. The minimum absolute atomic E-state index is 0.0398. The smallest absolute Gasteiger partial charge is 0.274 e. The molecule has 2 rings (SSSR count). The van der Waals surface area contributed by atoms with Crippen LogP contribution >= 0.6 is 0 Å². The van der Waals surface area contributed by atoms with Crippen molar-refractivity contribution < 1.29 is 4.79 Å². The lowest BCUT2D eigenvalue weighted by Crippen LogP contribution is -2.38. The van der Waals surface area contributed by atoms with E-state index in [9.17, 15) is 4.79 Å². The van der Waals surface area contributed by atoms with Crippen molar-refractivity contribution in [2.75, 3.05) is 27.2 Å². The Balaban J connectivity index is 2.45. The highest BCUT2D eigenvalue weighted by Crippen LogP contribution is 2.18. The Bertz CT molecular complexity index is 678. The van der Waals surface area contributed by atoms with Gasteiger partial charge in [0.1, 0.15) is 5.65 Å². The molecule has 0 spiro atoms. The Kier molecular flexibility index (Phi) is 5.99. The van der Waals surface area contributed by atoms with Gasteiger partial charge in [-0.15, -0.1) is 0 Å². The van der Waals surface area contributed by atoms with Crippen molar-refractivity contribution in [2.24, 2.45) is 11.8 Å². The number of pyridine rings is 1. The second-order valence-corrected chi connectivity index (χ2v) is 7.57. The van der Waals surface area contributed by atoms with Gasteiger partial charge in [0.2, 0.25) is 0 Å². The predicted octanol–water partition coefficient (Wildman–Crippen LogP) is 3.15. The van der Waals surface area contributed by atoms with E-state index in [1.807, 2.05) is 47.8 Å². The summed E-state index contributed by atoms with van der Waals surface area (Å²) in [7, 11) is 4.02. The molecule has 0 N–H and O–H groups in total. The molecule has 0 atom stereocenters. The van der Waals surface area contributed by atoms with Gasteiger partial charge in [0.15, 0.2) is 5.69 Å². The molecule has 0 radical (unpaired) electrons. The van der Waals surface area contributed by atoms with Crippen molar-refractivity contribution >= 4 is 11.6 Å². The third kappa shape index (κ3) is 4.35. The number of fused-ring (bicyclic) bond motifs is 1. The normalized spacial score (nSPS) is 11.9. The number of hydrogen-bond donors (Lipinski definition) is 0. The van der Waals surface area contributed by atoms with Crippen LogP contribution < -0.4 is 0 Å². The molecule has 0 aliphatic rings. The van der Waals surface area contributed by atoms with Crippen LogP contribution in [0, 0.1) is 11.8 Å². The minimum Gasteiger partial charge on any atom is -0.337 e. The van der Waals surface area contributed by atoms with Gasteiger partial charge in [-0.05, 0) is 38.1 Å². The summed E-state index contributed by atoms with van der Waals surface area (Å²) in [5.74, 6) is 0.905. The fourth-order valence-corrected chi connectivity index (χ4v) is 2.94. The van der Waals surface area contributed by atoms with Crippen molar-refractivity contribution in [3.63, 3.8) is 0 Å². The van der Waals surface area contributed by atoms with E-state index in [-0.39, 0.29) is 5.91 Å². The van der Waals surface area contributed by atoms with Crippen molar-refractivity contribution in [1.82, 2.24) is 19.2 Å². The van der Waals surface area contributed by atoms with Gasteiger partial charge in [-0.2, -0.15) is 0 Å². The number of nitrogens with zero attached hydrogens (tertiary/aromatic N) is 4. The van der Waals surface area contributed by atoms with Crippen molar-refractivity contribution in [3.8, 4) is 0 Å². The Hall–Kier alpha value is -1.88. The topological polar surface area (TPSA) is 40.9 Å². The maximum atomic E-state index is 13.2. The van der Waals surface area contributed by atoms with Crippen molar-refractivity contribution in [1.29, 1.82) is 0 Å². The van der Waals surface area contributed by atoms with Crippen LogP contribution in [0.1, 0.15) is 43.9 Å². The maximum Gasteiger partial charge on any atom is 0.274 e. The number of aromatic nitrogens is 2. The molecule has 2 aromatic rings. The number of carbonyl (C=O) groups excluding carboxylic acids is 1. The summed E-state index contributed by atoms with van der Waals surface area (Å²) in [4.78, 5) is 21.9. The van der Waals surface area contributed by atoms with Crippen LogP contribution in [0.15, 0.2) is 24.4 Å². The van der Waals surface area contributed by atoms with Crippen LogP contribution in [0.2, 0.25) is 0 Å². The zero-order valence-electron chi connectivity index (χ0n) is 15.8. The lowest BCUT2D eigenvalue weighted by molar-refractivity contribution is 0.0708. The molecule has 0 aliphatic heterocycles. The van der Waals surface area contributed by atoms with Gasteiger partial charge in [0.05, 0.1) is 5.69 Å². The van der Waals surface area contributed by atoms with E-state index in [4.69, 9.17) is 0 Å². The van der Waals surface area contributed by atoms with Gasteiger partial charge < -0.3 is 14.2 Å². The number of hydrogen-bond acceptors (Lipinski definition) is 3. The molecule has 24 heavy (non-hydrogen) atoms. The fraction of sp³-hybridized carbons (Fsp3) is 0.579. The third-order valence-electron chi connectivity index (χ3n) is 3.76. The first kappa shape index (κ1) is 18.5. The quantitative estimate of drug-likeness (QED) is 0.783. The SMILES string of the molecule is CC(C)CN(CC(C)C)C(=O)c1nc2ccccn2c1CN(C)C. The first-order valence-electron chi connectivity index (χ1n) is 8.69. The first-order chi connectivity index (χ1) is 11.3. The van der Waals surface area contributed by atoms with Gasteiger partial charge >= 0.3 is 0 Å². The highest BCUT2D eigenvalue weighted by molar-refractivity contribution is 5.94. The number of rotatable bonds is 7. The molecule has 0 bridgehead atoms. The summed E-state index contributed by atoms with van der Waals surface area (Å²) in [5.41, 5.74) is 2.36. The molecule has 5 heteroatoms. The van der Waals surface area contributed by atoms with Gasteiger partial charge in [0, 0.05) is 25.8 Å². The van der Waals surface area contributed by atoms with E-state index in [2.05, 4.69) is 37.6 Å². The molecule has 0 fully saturated rings. The van der Waals surface area contributed by atoms with Gasteiger partial charge in [-0.1, -0.05) is 33.8 Å². The van der Waals surface area contributed by atoms with Crippen molar-refractivity contribution in [3.05, 3.63) is 35.8 Å². The lowest BCUT2D eigenvalue weighted by Gasteiger charge is -2.26. The summed E-state index contributed by atoms with van der Waals surface area (Å²) in [5, 5.41) is 0. The van der Waals surface area contributed by atoms with Crippen molar-refractivity contribution in [2.45, 2.75) is 34.2 Å². The second-order valence-electron chi connectivity index (χ2n) is 7.57. The molecule has 1 amide bonds. The van der Waals surface area contributed by atoms with E-state index >= 15 is 0 Å². The Morgan fingerprint density at radius 3 is 2.29 bits per heavy atom. The van der Waals surface area contributed by atoms with E-state index in [1.165, 1.54) is 0 Å². The molecular formula is C19H30N4O. The molecule has 2 heterocycles. The third-order valence-corrected chi connectivity index (χ3v) is 3.76. The first-order valence-corrected chi connectivity index (χ1v) is 8.69. The summed E-state index contributed by atoms with van der Waals surface area (Å²) < 4.78 is 2.02. The molecule has 0 saturated carbocycles. The standard InChI is InChI=1S/C19H30N4O/c1-14(2)11-22(12-15(3)4)19(24)18-16(13-21(5)6)23-10-8-7-9-17(23)20-18/h7-10,14-15H,11-13H2,1-6H3. The fourth-order valence-electron chi connectivity index (χ4n) is 2.94. The van der Waals surface area contributed by atoms with E-state index in [0.717, 1.165) is 24.4 Å². The predicted molar refractivity (Wildman–Crippen MR) is 98.2 cm³/mol. The molecule has 0 aromatic carbocycles. The molecule has 5 nitrogen and oxygen atoms in total. The summed E-state index contributed by atoms with van der Waals surface area (Å²) in [6.07, 6.45) is 1.98. The Morgan fingerprint density at radius 2 is 1.75 bits per heavy atom. The summed E-state index contributed by atoms with van der Waals surface area (Å²) >= 11 is 0. The number of imidazole rings is 1. The number of amides is 1. The maximum absolute atomic E-state index is 13.2. The summed E-state index contributed by atoms with van der Waals surface area (Å²) in [6.45, 7) is 10.8. The summed E-state index contributed by atoms with van der Waals surface area (Å²) in [6, 6.07) is 5.88. The minimum atomic E-state index is 0.0398. The van der Waals surface area contributed by atoms with Crippen LogP contribution in [0.25, 0.3) is 5.65 Å². The van der Waals surface area contributed by atoms with Crippen LogP contribution in [0.3, 0.4) is 0 Å². The highest BCUT2D eigenvalue weighted by Gasteiger charge is 2.25. The van der Waals surface area contributed by atoms with Crippen LogP contribution in [0.4, 0.5) is 0 Å². The zero-order chi connectivity index (χ0) is 17.9. The molecule has 0 saturated heterocycles. The average molecular weight is 330 g/mol. The largest absolute Gasteiger partial charge is 0.337 e. The Labute approximate surface area is 145 Å². The van der Waals surface area contributed by atoms with E-state index < -0.39 is 0 Å². The molecule has 2 aromatic heterocycles. The van der Waals surface area contributed by atoms with Crippen LogP contribution in [-0.2, 0) is 6.54 Å². The molecular weight excluding hydrogens is 300 g/mol. The van der Waals surface area contributed by atoms with E-state index in [0.29, 0.717) is 24.1 Å². The van der Waals surface area contributed by atoms with Crippen LogP contribution in [-0.4, -0.2) is 52.3 Å². The van der Waals surface area contributed by atoms with Gasteiger partial charge in [0.25, 0.3) is 5.91 Å². The Morgan fingerprint density at radius 1 is 1.12 bits per heavy atom. The average Bonchev–Trinajstić information content (AvgIpc) is 2.83. The number of carbonyl (C=O) groups is 1. The van der Waals surface area contributed by atoms with E-state index in [1.54, 1.807) is 0 Å². The van der Waals surface area contributed by atoms with Crippen LogP contribution in [0.5, 0.6) is 0 Å². The zero-order valence-corrected chi connectivity index (χ0v) is 15.8. The van der Waals surface area contributed by atoms with Gasteiger partial charge in [-0.3, -0.25) is 4.79 Å². The molecule has 0 unspecified atom stereocenters. The second kappa shape index (κ2) is 7.79.